The van der Waals surface area contributed by atoms with Crippen LogP contribution in [-0.2, 0) is 0 Å². The predicted octanol–water partition coefficient (Wildman–Crippen LogP) is 5.34. The molecule has 1 aliphatic rings. The number of nitrogens with zero attached hydrogens (tertiary/aromatic N) is 2. The SMILES string of the molecule is Cc1ncc(-c2ccccc2)c(NC(=O)NC2c3ccccc3-c3ccccc32)n1. The zero-order valence-electron chi connectivity index (χ0n) is 16.5. The average molecular weight is 392 g/mol. The van der Waals surface area contributed by atoms with E-state index in [1.54, 1.807) is 13.1 Å². The molecule has 2 N–H and O–H groups in total. The Balaban J connectivity index is 1.45. The van der Waals surface area contributed by atoms with E-state index >= 15 is 0 Å². The Morgan fingerprint density at radius 1 is 0.800 bits per heavy atom. The van der Waals surface area contributed by atoms with E-state index in [9.17, 15) is 4.79 Å². The van der Waals surface area contributed by atoms with Gasteiger partial charge in [0.2, 0.25) is 0 Å². The van der Waals surface area contributed by atoms with Crippen LogP contribution in [0, 0.1) is 6.92 Å². The molecule has 0 atom stereocenters. The van der Waals surface area contributed by atoms with Crippen LogP contribution in [0.5, 0.6) is 0 Å². The highest BCUT2D eigenvalue weighted by molar-refractivity contribution is 5.94. The third kappa shape index (κ3) is 3.20. The fourth-order valence-electron chi connectivity index (χ4n) is 3.98. The maximum Gasteiger partial charge on any atom is 0.321 e. The number of nitrogens with one attached hydrogen (secondary N) is 2. The third-order valence-electron chi connectivity index (χ3n) is 5.34. The largest absolute Gasteiger partial charge is 0.327 e. The zero-order chi connectivity index (χ0) is 20.5. The molecule has 0 bridgehead atoms. The molecule has 1 heterocycles. The van der Waals surface area contributed by atoms with Gasteiger partial charge in [-0.3, -0.25) is 5.32 Å². The Labute approximate surface area is 174 Å². The molecule has 146 valence electrons. The molecule has 1 aromatic heterocycles. The van der Waals surface area contributed by atoms with Gasteiger partial charge in [-0.05, 0) is 34.7 Å². The van der Waals surface area contributed by atoms with Crippen LogP contribution < -0.4 is 10.6 Å². The van der Waals surface area contributed by atoms with E-state index in [-0.39, 0.29) is 12.1 Å². The average Bonchev–Trinajstić information content (AvgIpc) is 3.08. The van der Waals surface area contributed by atoms with Gasteiger partial charge in [-0.15, -0.1) is 0 Å². The molecular formula is C25H20N4O. The highest BCUT2D eigenvalue weighted by atomic mass is 16.2. The van der Waals surface area contributed by atoms with Crippen molar-refractivity contribution in [3.63, 3.8) is 0 Å². The second-order valence-electron chi connectivity index (χ2n) is 7.25. The zero-order valence-corrected chi connectivity index (χ0v) is 16.5. The third-order valence-corrected chi connectivity index (χ3v) is 5.34. The molecule has 1 aliphatic carbocycles. The number of benzene rings is 3. The number of carbonyl (C=O) groups excluding carboxylic acids is 1. The Morgan fingerprint density at radius 3 is 2.07 bits per heavy atom. The number of urea groups is 1. The number of fused-ring (bicyclic) bond motifs is 3. The molecule has 30 heavy (non-hydrogen) atoms. The van der Waals surface area contributed by atoms with Crippen molar-refractivity contribution in [1.82, 2.24) is 15.3 Å². The summed E-state index contributed by atoms with van der Waals surface area (Å²) in [5.74, 6) is 1.09. The van der Waals surface area contributed by atoms with Gasteiger partial charge >= 0.3 is 6.03 Å². The summed E-state index contributed by atoms with van der Waals surface area (Å²) in [5.41, 5.74) is 6.22. The topological polar surface area (TPSA) is 66.9 Å². The first kappa shape index (κ1) is 18.1. The summed E-state index contributed by atoms with van der Waals surface area (Å²) in [7, 11) is 0. The van der Waals surface area contributed by atoms with Crippen LogP contribution >= 0.6 is 0 Å². The lowest BCUT2D eigenvalue weighted by Crippen LogP contribution is -2.32. The van der Waals surface area contributed by atoms with Crippen LogP contribution in [-0.4, -0.2) is 16.0 Å². The Morgan fingerprint density at radius 2 is 1.40 bits per heavy atom. The number of carbonyl (C=O) groups is 1. The van der Waals surface area contributed by atoms with E-state index < -0.39 is 0 Å². The molecular weight excluding hydrogens is 372 g/mol. The minimum atomic E-state index is -0.304. The van der Waals surface area contributed by atoms with Crippen molar-refractivity contribution in [3.8, 4) is 22.3 Å². The molecule has 0 radical (unpaired) electrons. The summed E-state index contributed by atoms with van der Waals surface area (Å²) in [6, 6.07) is 25.6. The lowest BCUT2D eigenvalue weighted by Gasteiger charge is -2.17. The second kappa shape index (κ2) is 7.44. The van der Waals surface area contributed by atoms with Crippen LogP contribution in [0.3, 0.4) is 0 Å². The van der Waals surface area contributed by atoms with Crippen molar-refractivity contribution >= 4 is 11.8 Å². The normalized spacial score (nSPS) is 12.2. The number of anilines is 1. The summed E-state index contributed by atoms with van der Waals surface area (Å²) >= 11 is 0. The van der Waals surface area contributed by atoms with E-state index in [4.69, 9.17) is 0 Å². The van der Waals surface area contributed by atoms with Crippen LogP contribution in [0.25, 0.3) is 22.3 Å². The number of aryl methyl sites for hydroxylation is 1. The van der Waals surface area contributed by atoms with Crippen molar-refractivity contribution < 1.29 is 4.79 Å². The summed E-state index contributed by atoms with van der Waals surface area (Å²) in [5, 5.41) is 6.06. The van der Waals surface area contributed by atoms with Crippen molar-refractivity contribution in [2.24, 2.45) is 0 Å². The maximum absolute atomic E-state index is 13.0. The Kier molecular flexibility index (Phi) is 4.48. The van der Waals surface area contributed by atoms with E-state index in [0.717, 1.165) is 33.4 Å². The van der Waals surface area contributed by atoms with Crippen LogP contribution in [0.2, 0.25) is 0 Å². The van der Waals surface area contributed by atoms with Crippen molar-refractivity contribution in [3.05, 3.63) is 102 Å². The first-order valence-electron chi connectivity index (χ1n) is 9.85. The molecule has 3 aromatic carbocycles. The Hall–Kier alpha value is -3.99. The number of hydrogen-bond donors (Lipinski definition) is 2. The monoisotopic (exact) mass is 392 g/mol. The molecule has 2 amide bonds. The molecule has 0 saturated heterocycles. The summed E-state index contributed by atoms with van der Waals surface area (Å²) in [6.45, 7) is 1.81. The molecule has 0 fully saturated rings. The minimum absolute atomic E-state index is 0.208. The first-order valence-corrected chi connectivity index (χ1v) is 9.85. The van der Waals surface area contributed by atoms with Gasteiger partial charge < -0.3 is 5.32 Å². The number of rotatable bonds is 3. The van der Waals surface area contributed by atoms with Crippen molar-refractivity contribution in [2.75, 3.05) is 5.32 Å². The highest BCUT2D eigenvalue weighted by Crippen LogP contribution is 2.43. The molecule has 5 nitrogen and oxygen atoms in total. The fourth-order valence-corrected chi connectivity index (χ4v) is 3.98. The molecule has 0 aliphatic heterocycles. The number of amides is 2. The van der Waals surface area contributed by atoms with E-state index in [0.29, 0.717) is 11.6 Å². The van der Waals surface area contributed by atoms with Crippen LogP contribution in [0.1, 0.15) is 23.0 Å². The summed E-state index contributed by atoms with van der Waals surface area (Å²) in [4.78, 5) is 21.8. The smallest absolute Gasteiger partial charge is 0.321 e. The maximum atomic E-state index is 13.0. The van der Waals surface area contributed by atoms with Gasteiger partial charge in [0.05, 0.1) is 6.04 Å². The van der Waals surface area contributed by atoms with E-state index in [1.807, 2.05) is 54.6 Å². The fraction of sp³-hybridized carbons (Fsp3) is 0.0800. The molecule has 0 unspecified atom stereocenters. The summed E-state index contributed by atoms with van der Waals surface area (Å²) < 4.78 is 0. The molecule has 0 spiro atoms. The first-order chi connectivity index (χ1) is 14.7. The van der Waals surface area contributed by atoms with E-state index in [1.165, 1.54) is 0 Å². The lowest BCUT2D eigenvalue weighted by atomic mass is 10.1. The summed E-state index contributed by atoms with van der Waals surface area (Å²) in [6.07, 6.45) is 1.74. The van der Waals surface area contributed by atoms with Gasteiger partial charge in [-0.1, -0.05) is 78.9 Å². The van der Waals surface area contributed by atoms with Gasteiger partial charge in [0.1, 0.15) is 11.6 Å². The molecule has 0 saturated carbocycles. The Bertz CT molecular complexity index is 1190. The van der Waals surface area contributed by atoms with Crippen molar-refractivity contribution in [2.45, 2.75) is 13.0 Å². The minimum Gasteiger partial charge on any atom is -0.327 e. The second-order valence-corrected chi connectivity index (χ2v) is 7.25. The lowest BCUT2D eigenvalue weighted by molar-refractivity contribution is 0.250. The standard InChI is InChI=1S/C25H20N4O/c1-16-26-15-22(17-9-3-2-4-10-17)24(27-16)29-25(30)28-23-20-13-7-5-11-18(20)19-12-6-8-14-21(19)23/h2-15,23H,1H3,(H2,26,27,28,29,30). The van der Waals surface area contributed by atoms with E-state index in [2.05, 4.69) is 44.9 Å². The molecule has 4 aromatic rings. The van der Waals surface area contributed by atoms with Crippen LogP contribution in [0.15, 0.2) is 85.1 Å². The highest BCUT2D eigenvalue weighted by Gasteiger charge is 2.29. The number of aromatic nitrogens is 2. The van der Waals surface area contributed by atoms with Gasteiger partial charge in [0.25, 0.3) is 0 Å². The quantitative estimate of drug-likeness (QED) is 0.494. The molecule has 5 heteroatoms. The predicted molar refractivity (Wildman–Crippen MR) is 118 cm³/mol. The molecule has 5 rings (SSSR count). The van der Waals surface area contributed by atoms with Gasteiger partial charge in [0.15, 0.2) is 0 Å². The van der Waals surface area contributed by atoms with Gasteiger partial charge in [-0.2, -0.15) is 0 Å². The van der Waals surface area contributed by atoms with Gasteiger partial charge in [-0.25, -0.2) is 14.8 Å². The van der Waals surface area contributed by atoms with Crippen LogP contribution in [0.4, 0.5) is 10.6 Å². The number of hydrogen-bond acceptors (Lipinski definition) is 3. The van der Waals surface area contributed by atoms with Gasteiger partial charge in [0, 0.05) is 11.8 Å². The van der Waals surface area contributed by atoms with Crippen molar-refractivity contribution in [1.29, 1.82) is 0 Å².